The second kappa shape index (κ2) is 5.69. The molecule has 0 aliphatic rings. The molecule has 3 aromatic rings. The average molecular weight is 295 g/mol. The molecule has 0 saturated carbocycles. The highest BCUT2D eigenvalue weighted by Gasteiger charge is 2.11. The van der Waals surface area contributed by atoms with Gasteiger partial charge in [0, 0.05) is 18.7 Å². The van der Waals surface area contributed by atoms with Crippen molar-refractivity contribution in [2.45, 2.75) is 6.92 Å². The summed E-state index contributed by atoms with van der Waals surface area (Å²) in [7, 11) is 0. The number of anilines is 1. The Labute approximate surface area is 126 Å². The molecule has 3 rings (SSSR count). The Morgan fingerprint density at radius 2 is 2.05 bits per heavy atom. The Balaban J connectivity index is 1.84. The zero-order valence-corrected chi connectivity index (χ0v) is 11.8. The van der Waals surface area contributed by atoms with Crippen LogP contribution in [0.25, 0.3) is 5.52 Å². The van der Waals surface area contributed by atoms with Crippen LogP contribution in [-0.2, 0) is 4.79 Å². The normalized spacial score (nSPS) is 10.4. The number of esters is 1. The lowest BCUT2D eigenvalue weighted by atomic mass is 10.2. The van der Waals surface area contributed by atoms with Crippen LogP contribution in [0.3, 0.4) is 0 Å². The lowest BCUT2D eigenvalue weighted by molar-refractivity contribution is -0.131. The highest BCUT2D eigenvalue weighted by molar-refractivity contribution is 6.03. The Bertz CT molecular complexity index is 854. The van der Waals surface area contributed by atoms with Crippen LogP contribution >= 0.6 is 0 Å². The largest absolute Gasteiger partial charge is 0.427 e. The molecule has 2 aromatic heterocycles. The van der Waals surface area contributed by atoms with Gasteiger partial charge in [0.05, 0.1) is 11.7 Å². The van der Waals surface area contributed by atoms with Crippen LogP contribution < -0.4 is 10.1 Å². The minimum atomic E-state index is -0.434. The summed E-state index contributed by atoms with van der Waals surface area (Å²) in [6, 6.07) is 12.0. The molecule has 0 atom stereocenters. The van der Waals surface area contributed by atoms with Crippen LogP contribution in [0.1, 0.15) is 17.3 Å². The monoisotopic (exact) mass is 295 g/mol. The Morgan fingerprint density at radius 3 is 2.86 bits per heavy atom. The van der Waals surface area contributed by atoms with Gasteiger partial charge in [-0.1, -0.05) is 12.1 Å². The van der Waals surface area contributed by atoms with Gasteiger partial charge in [-0.25, -0.2) is 4.98 Å². The van der Waals surface area contributed by atoms with E-state index in [1.54, 1.807) is 28.8 Å². The number of hydrogen-bond acceptors (Lipinski definition) is 4. The van der Waals surface area contributed by atoms with E-state index in [0.717, 1.165) is 5.52 Å². The first-order chi connectivity index (χ1) is 10.6. The van der Waals surface area contributed by atoms with Gasteiger partial charge in [-0.2, -0.15) is 0 Å². The van der Waals surface area contributed by atoms with Gasteiger partial charge >= 0.3 is 5.97 Å². The molecular weight excluding hydrogens is 282 g/mol. The topological polar surface area (TPSA) is 72.7 Å². The lowest BCUT2D eigenvalue weighted by Crippen LogP contribution is -2.14. The maximum absolute atomic E-state index is 12.3. The van der Waals surface area contributed by atoms with Gasteiger partial charge in [-0.05, 0) is 30.3 Å². The number of nitrogens with one attached hydrogen (secondary N) is 1. The molecule has 1 amide bonds. The SMILES string of the molecule is CC(=O)Oc1cccc(C(=O)Nc2ncc3ccccn23)c1. The van der Waals surface area contributed by atoms with Crippen molar-refractivity contribution < 1.29 is 14.3 Å². The molecule has 0 unspecified atom stereocenters. The minimum absolute atomic E-state index is 0.327. The number of ether oxygens (including phenoxy) is 1. The van der Waals surface area contributed by atoms with Gasteiger partial charge in [0.15, 0.2) is 0 Å². The third-order valence-electron chi connectivity index (χ3n) is 3.02. The van der Waals surface area contributed by atoms with Crippen LogP contribution in [-0.4, -0.2) is 21.3 Å². The number of amides is 1. The fraction of sp³-hybridized carbons (Fsp3) is 0.0625. The lowest BCUT2D eigenvalue weighted by Gasteiger charge is -2.06. The minimum Gasteiger partial charge on any atom is -0.427 e. The van der Waals surface area contributed by atoms with E-state index in [2.05, 4.69) is 10.3 Å². The van der Waals surface area contributed by atoms with Crippen LogP contribution in [0.15, 0.2) is 54.9 Å². The zero-order valence-electron chi connectivity index (χ0n) is 11.8. The molecule has 0 fully saturated rings. The highest BCUT2D eigenvalue weighted by Crippen LogP contribution is 2.16. The molecule has 0 saturated heterocycles. The third kappa shape index (κ3) is 2.80. The van der Waals surface area contributed by atoms with E-state index in [1.807, 2.05) is 24.4 Å². The number of carbonyl (C=O) groups is 2. The number of benzene rings is 1. The number of aromatic nitrogens is 2. The highest BCUT2D eigenvalue weighted by atomic mass is 16.5. The van der Waals surface area contributed by atoms with E-state index in [9.17, 15) is 9.59 Å². The summed E-state index contributed by atoms with van der Waals surface area (Å²) in [4.78, 5) is 27.4. The van der Waals surface area contributed by atoms with Crippen molar-refractivity contribution in [2.75, 3.05) is 5.32 Å². The summed E-state index contributed by atoms with van der Waals surface area (Å²) in [5, 5.41) is 2.73. The number of imidazole rings is 1. The zero-order chi connectivity index (χ0) is 15.5. The third-order valence-corrected chi connectivity index (χ3v) is 3.02. The van der Waals surface area contributed by atoms with Gasteiger partial charge in [0.25, 0.3) is 5.91 Å². The molecule has 1 aromatic carbocycles. The number of carbonyl (C=O) groups excluding carboxylic acids is 2. The number of fused-ring (bicyclic) bond motifs is 1. The Kier molecular flexibility index (Phi) is 3.57. The van der Waals surface area contributed by atoms with Crippen LogP contribution in [0.2, 0.25) is 0 Å². The molecule has 2 heterocycles. The first kappa shape index (κ1) is 13.8. The molecule has 6 heteroatoms. The van der Waals surface area contributed by atoms with E-state index in [0.29, 0.717) is 17.3 Å². The molecule has 0 bridgehead atoms. The number of nitrogens with zero attached hydrogens (tertiary/aromatic N) is 2. The van der Waals surface area contributed by atoms with Crippen molar-refractivity contribution in [1.82, 2.24) is 9.38 Å². The van der Waals surface area contributed by atoms with E-state index in [-0.39, 0.29) is 5.91 Å². The smallest absolute Gasteiger partial charge is 0.308 e. The van der Waals surface area contributed by atoms with Gasteiger partial charge < -0.3 is 4.74 Å². The van der Waals surface area contributed by atoms with E-state index < -0.39 is 5.97 Å². The molecule has 110 valence electrons. The maximum atomic E-state index is 12.3. The standard InChI is InChI=1S/C16H13N3O3/c1-11(20)22-14-7-4-5-12(9-14)15(21)18-16-17-10-13-6-2-3-8-19(13)16/h2-10H,1H3,(H,17,18,21). The van der Waals surface area contributed by atoms with Crippen molar-refractivity contribution in [3.05, 3.63) is 60.4 Å². The first-order valence-corrected chi connectivity index (χ1v) is 6.65. The summed E-state index contributed by atoms with van der Waals surface area (Å²) in [6.07, 6.45) is 3.48. The van der Waals surface area contributed by atoms with Gasteiger partial charge in [-0.3, -0.25) is 19.3 Å². The van der Waals surface area contributed by atoms with Crippen molar-refractivity contribution in [3.63, 3.8) is 0 Å². The molecule has 1 N–H and O–H groups in total. The summed E-state index contributed by atoms with van der Waals surface area (Å²) in [5.74, 6) is -0.00576. The van der Waals surface area contributed by atoms with Crippen LogP contribution in [0, 0.1) is 0 Å². The van der Waals surface area contributed by atoms with Crippen molar-refractivity contribution >= 4 is 23.3 Å². The van der Waals surface area contributed by atoms with Gasteiger partial charge in [0.1, 0.15) is 5.75 Å². The second-order valence-corrected chi connectivity index (χ2v) is 4.65. The quantitative estimate of drug-likeness (QED) is 0.595. The number of rotatable bonds is 3. The molecule has 6 nitrogen and oxygen atoms in total. The molecule has 0 spiro atoms. The van der Waals surface area contributed by atoms with Gasteiger partial charge in [0.2, 0.25) is 5.95 Å². The Hall–Kier alpha value is -3.15. The number of hydrogen-bond donors (Lipinski definition) is 1. The molecule has 0 aliphatic carbocycles. The van der Waals surface area contributed by atoms with Crippen LogP contribution in [0.4, 0.5) is 5.95 Å². The predicted octanol–water partition coefficient (Wildman–Crippen LogP) is 2.51. The molecule has 0 radical (unpaired) electrons. The van der Waals surface area contributed by atoms with Crippen molar-refractivity contribution in [3.8, 4) is 5.75 Å². The summed E-state index contributed by atoms with van der Waals surface area (Å²) < 4.78 is 6.74. The number of pyridine rings is 1. The van der Waals surface area contributed by atoms with E-state index in [1.165, 1.54) is 13.0 Å². The predicted molar refractivity (Wildman–Crippen MR) is 80.9 cm³/mol. The van der Waals surface area contributed by atoms with Gasteiger partial charge in [-0.15, -0.1) is 0 Å². The molecule has 0 aliphatic heterocycles. The second-order valence-electron chi connectivity index (χ2n) is 4.65. The summed E-state index contributed by atoms with van der Waals surface area (Å²) >= 11 is 0. The summed E-state index contributed by atoms with van der Waals surface area (Å²) in [6.45, 7) is 1.31. The molecular formula is C16H13N3O3. The molecule has 22 heavy (non-hydrogen) atoms. The van der Waals surface area contributed by atoms with E-state index in [4.69, 9.17) is 4.74 Å². The van der Waals surface area contributed by atoms with Crippen molar-refractivity contribution in [1.29, 1.82) is 0 Å². The fourth-order valence-corrected chi connectivity index (χ4v) is 2.08. The Morgan fingerprint density at radius 1 is 1.18 bits per heavy atom. The fourth-order valence-electron chi connectivity index (χ4n) is 2.08. The van der Waals surface area contributed by atoms with Crippen LogP contribution in [0.5, 0.6) is 5.75 Å². The average Bonchev–Trinajstić information content (AvgIpc) is 2.90. The van der Waals surface area contributed by atoms with Crippen molar-refractivity contribution in [2.24, 2.45) is 0 Å². The first-order valence-electron chi connectivity index (χ1n) is 6.65. The van der Waals surface area contributed by atoms with E-state index >= 15 is 0 Å². The summed E-state index contributed by atoms with van der Waals surface area (Å²) in [5.41, 5.74) is 1.26. The maximum Gasteiger partial charge on any atom is 0.308 e.